The monoisotopic (exact) mass is 256 g/mol. The number of benzene rings is 1. The third-order valence-corrected chi connectivity index (χ3v) is 2.46. The van der Waals surface area contributed by atoms with E-state index < -0.39 is 4.92 Å². The van der Waals surface area contributed by atoms with Crippen molar-refractivity contribution in [3.05, 3.63) is 39.9 Å². The molecular weight excluding hydrogens is 244 g/mol. The van der Waals surface area contributed by atoms with Crippen molar-refractivity contribution in [1.29, 1.82) is 0 Å². The minimum atomic E-state index is -0.454. The first-order valence-corrected chi connectivity index (χ1v) is 5.61. The van der Waals surface area contributed by atoms with Crippen LogP contribution in [0.2, 0.25) is 0 Å². The van der Waals surface area contributed by atoms with E-state index in [0.29, 0.717) is 6.54 Å². The maximum absolute atomic E-state index is 11.5. The van der Waals surface area contributed by atoms with Gasteiger partial charge in [-0.3, -0.25) is 14.9 Å². The van der Waals surface area contributed by atoms with Crippen LogP contribution in [0, 0.1) is 10.1 Å². The summed E-state index contributed by atoms with van der Waals surface area (Å²) in [7, 11) is 1.65. The summed E-state index contributed by atoms with van der Waals surface area (Å²) in [6, 6.07) is 6.24. The van der Waals surface area contributed by atoms with Gasteiger partial charge in [-0.25, -0.2) is 0 Å². The van der Waals surface area contributed by atoms with E-state index in [1.54, 1.807) is 19.2 Å². The number of nitro groups is 1. The first-order chi connectivity index (χ1) is 8.04. The van der Waals surface area contributed by atoms with Crippen molar-refractivity contribution in [3.8, 4) is 0 Å². The van der Waals surface area contributed by atoms with Crippen LogP contribution in [0.25, 0.3) is 0 Å². The summed E-state index contributed by atoms with van der Waals surface area (Å²) < 4.78 is 0. The Bertz CT molecular complexity index is 423. The van der Waals surface area contributed by atoms with Gasteiger partial charge < -0.3 is 4.90 Å². The topological polar surface area (TPSA) is 63.4 Å². The Labute approximate surface area is 104 Å². The summed E-state index contributed by atoms with van der Waals surface area (Å²) in [5, 5.41) is 10.6. The molecule has 6 heteroatoms. The number of non-ortho nitro benzene ring substituents is 1. The fraction of sp³-hybridized carbons (Fsp3) is 0.364. The second-order valence-electron chi connectivity index (χ2n) is 3.62. The first kappa shape index (κ1) is 13.4. The average molecular weight is 257 g/mol. The number of carbonyl (C=O) groups excluding carboxylic acids is 1. The highest BCUT2D eigenvalue weighted by Gasteiger charge is 2.10. The van der Waals surface area contributed by atoms with Gasteiger partial charge in [-0.05, 0) is 5.56 Å². The van der Waals surface area contributed by atoms with Crippen molar-refractivity contribution in [3.63, 3.8) is 0 Å². The molecule has 1 aromatic carbocycles. The minimum Gasteiger partial charge on any atom is -0.341 e. The third-order valence-electron chi connectivity index (χ3n) is 2.28. The number of amides is 1. The molecule has 1 rings (SSSR count). The van der Waals surface area contributed by atoms with Gasteiger partial charge in [0.15, 0.2) is 0 Å². The second-order valence-corrected chi connectivity index (χ2v) is 3.99. The Balaban J connectivity index is 2.71. The fourth-order valence-corrected chi connectivity index (χ4v) is 1.56. The van der Waals surface area contributed by atoms with Crippen LogP contribution in [0.5, 0.6) is 0 Å². The van der Waals surface area contributed by atoms with Gasteiger partial charge in [0, 0.05) is 38.0 Å². The molecular formula is C11H13ClN2O3. The molecule has 0 heterocycles. The lowest BCUT2D eigenvalue weighted by Gasteiger charge is -2.16. The molecule has 17 heavy (non-hydrogen) atoms. The predicted octanol–water partition coefficient (Wildman–Crippen LogP) is 2.18. The molecule has 0 fully saturated rings. The summed E-state index contributed by atoms with van der Waals surface area (Å²) in [5.74, 6) is 0.199. The summed E-state index contributed by atoms with van der Waals surface area (Å²) in [6.45, 7) is 0.345. The highest BCUT2D eigenvalue weighted by molar-refractivity contribution is 6.18. The van der Waals surface area contributed by atoms with E-state index in [-0.39, 0.29) is 23.9 Å². The van der Waals surface area contributed by atoms with Crippen LogP contribution in [0.15, 0.2) is 24.3 Å². The van der Waals surface area contributed by atoms with E-state index in [4.69, 9.17) is 11.6 Å². The Hall–Kier alpha value is -1.62. The molecule has 0 aliphatic rings. The summed E-state index contributed by atoms with van der Waals surface area (Å²) in [6.07, 6.45) is 0.271. The van der Waals surface area contributed by atoms with Crippen molar-refractivity contribution in [2.45, 2.75) is 13.0 Å². The van der Waals surface area contributed by atoms with Crippen LogP contribution >= 0.6 is 11.6 Å². The van der Waals surface area contributed by atoms with Gasteiger partial charge in [0.05, 0.1) is 4.92 Å². The van der Waals surface area contributed by atoms with Gasteiger partial charge in [0.2, 0.25) is 5.91 Å². The Morgan fingerprint density at radius 3 is 2.82 bits per heavy atom. The van der Waals surface area contributed by atoms with Crippen molar-refractivity contribution >= 4 is 23.2 Å². The zero-order chi connectivity index (χ0) is 12.8. The third kappa shape index (κ3) is 4.03. The van der Waals surface area contributed by atoms with Crippen LogP contribution in [-0.4, -0.2) is 28.7 Å². The summed E-state index contributed by atoms with van der Waals surface area (Å²) in [5.41, 5.74) is 0.755. The van der Waals surface area contributed by atoms with E-state index in [1.807, 2.05) is 0 Å². The van der Waals surface area contributed by atoms with Gasteiger partial charge in [0.25, 0.3) is 5.69 Å². The van der Waals surface area contributed by atoms with Crippen LogP contribution in [0.3, 0.4) is 0 Å². The fourth-order valence-electron chi connectivity index (χ4n) is 1.40. The van der Waals surface area contributed by atoms with Crippen LogP contribution in [0.1, 0.15) is 12.0 Å². The Kier molecular flexibility index (Phi) is 4.90. The summed E-state index contributed by atoms with van der Waals surface area (Å²) >= 11 is 5.47. The maximum atomic E-state index is 11.5. The second kappa shape index (κ2) is 6.20. The Morgan fingerprint density at radius 2 is 2.24 bits per heavy atom. The zero-order valence-electron chi connectivity index (χ0n) is 9.43. The number of rotatable bonds is 5. The lowest BCUT2D eigenvalue weighted by molar-refractivity contribution is -0.384. The molecule has 0 aliphatic carbocycles. The van der Waals surface area contributed by atoms with E-state index in [9.17, 15) is 14.9 Å². The molecule has 0 unspecified atom stereocenters. The average Bonchev–Trinajstić information content (AvgIpc) is 2.29. The van der Waals surface area contributed by atoms with Crippen LogP contribution < -0.4 is 0 Å². The van der Waals surface area contributed by atoms with Crippen molar-refractivity contribution < 1.29 is 9.72 Å². The van der Waals surface area contributed by atoms with Crippen molar-refractivity contribution in [1.82, 2.24) is 4.90 Å². The standard InChI is InChI=1S/C11H13ClN2O3/c1-13(11(15)5-6-12)8-9-3-2-4-10(7-9)14(16)17/h2-4,7H,5-6,8H2,1H3. The molecule has 0 saturated carbocycles. The number of alkyl halides is 1. The van der Waals surface area contributed by atoms with E-state index in [2.05, 4.69) is 0 Å². The molecule has 0 bridgehead atoms. The largest absolute Gasteiger partial charge is 0.341 e. The number of nitro benzene ring substituents is 1. The van der Waals surface area contributed by atoms with Crippen LogP contribution in [-0.2, 0) is 11.3 Å². The number of nitrogens with zero attached hydrogens (tertiary/aromatic N) is 2. The van der Waals surface area contributed by atoms with E-state index >= 15 is 0 Å². The van der Waals surface area contributed by atoms with Gasteiger partial charge in [-0.1, -0.05) is 12.1 Å². The molecule has 0 radical (unpaired) electrons. The van der Waals surface area contributed by atoms with Gasteiger partial charge in [0.1, 0.15) is 0 Å². The molecule has 0 N–H and O–H groups in total. The molecule has 1 amide bonds. The normalized spacial score (nSPS) is 10.0. The molecule has 0 aliphatic heterocycles. The van der Waals surface area contributed by atoms with Crippen LogP contribution in [0.4, 0.5) is 5.69 Å². The SMILES string of the molecule is CN(Cc1cccc([N+](=O)[O-])c1)C(=O)CCCl. The summed E-state index contributed by atoms with van der Waals surface area (Å²) in [4.78, 5) is 23.1. The molecule has 5 nitrogen and oxygen atoms in total. The van der Waals surface area contributed by atoms with Gasteiger partial charge in [-0.15, -0.1) is 11.6 Å². The minimum absolute atomic E-state index is 0.0284. The maximum Gasteiger partial charge on any atom is 0.269 e. The number of halogens is 1. The molecule has 0 spiro atoms. The molecule has 0 aromatic heterocycles. The number of hydrogen-bond acceptors (Lipinski definition) is 3. The smallest absolute Gasteiger partial charge is 0.269 e. The number of hydrogen-bond donors (Lipinski definition) is 0. The van der Waals surface area contributed by atoms with Crippen molar-refractivity contribution in [2.75, 3.05) is 12.9 Å². The van der Waals surface area contributed by atoms with E-state index in [0.717, 1.165) is 5.56 Å². The van der Waals surface area contributed by atoms with Crippen molar-refractivity contribution in [2.24, 2.45) is 0 Å². The van der Waals surface area contributed by atoms with Gasteiger partial charge in [-0.2, -0.15) is 0 Å². The van der Waals surface area contributed by atoms with E-state index in [1.165, 1.54) is 17.0 Å². The first-order valence-electron chi connectivity index (χ1n) is 5.08. The van der Waals surface area contributed by atoms with Gasteiger partial charge >= 0.3 is 0 Å². The molecule has 1 aromatic rings. The molecule has 0 saturated heterocycles. The predicted molar refractivity (Wildman–Crippen MR) is 64.9 cm³/mol. The Morgan fingerprint density at radius 1 is 1.53 bits per heavy atom. The number of carbonyl (C=O) groups is 1. The molecule has 0 atom stereocenters. The lowest BCUT2D eigenvalue weighted by atomic mass is 10.2. The molecule has 92 valence electrons. The quantitative estimate of drug-likeness (QED) is 0.461. The highest BCUT2D eigenvalue weighted by atomic mass is 35.5. The lowest BCUT2D eigenvalue weighted by Crippen LogP contribution is -2.26. The zero-order valence-corrected chi connectivity index (χ0v) is 10.2. The highest BCUT2D eigenvalue weighted by Crippen LogP contribution is 2.14.